The Hall–Kier alpha value is -2.31. The maximum atomic E-state index is 6.46. The van der Waals surface area contributed by atoms with Gasteiger partial charge in [0.25, 0.3) is 5.95 Å². The smallest absolute Gasteiger partial charge is 0.252 e. The first-order valence-electron chi connectivity index (χ1n) is 8.07. The Labute approximate surface area is 161 Å². The fourth-order valence-electron chi connectivity index (χ4n) is 2.41. The summed E-state index contributed by atoms with van der Waals surface area (Å²) in [7, 11) is 3.76. The highest BCUT2D eigenvalue weighted by Gasteiger charge is 2.17. The van der Waals surface area contributed by atoms with Crippen LogP contribution in [0.5, 0.6) is 5.75 Å². The molecule has 0 radical (unpaired) electrons. The second-order valence-corrected chi connectivity index (χ2v) is 7.06. The van der Waals surface area contributed by atoms with Crippen LogP contribution in [0.1, 0.15) is 13.8 Å². The number of aromatic amines is 1. The molecule has 6 nitrogen and oxygen atoms in total. The van der Waals surface area contributed by atoms with E-state index in [2.05, 4.69) is 19.9 Å². The highest BCUT2D eigenvalue weighted by Crippen LogP contribution is 2.39. The van der Waals surface area contributed by atoms with Gasteiger partial charge in [-0.05, 0) is 32.0 Å². The van der Waals surface area contributed by atoms with Crippen molar-refractivity contribution >= 4 is 46.5 Å². The average molecular weight is 392 g/mol. The predicted molar refractivity (Wildman–Crippen MR) is 107 cm³/mol. The molecule has 3 rings (SSSR count). The van der Waals surface area contributed by atoms with E-state index >= 15 is 0 Å². The van der Waals surface area contributed by atoms with Gasteiger partial charge in [0.2, 0.25) is 0 Å². The van der Waals surface area contributed by atoms with Crippen LogP contribution in [0.2, 0.25) is 10.0 Å². The first kappa shape index (κ1) is 18.5. The Balaban J connectivity index is 2.19. The maximum absolute atomic E-state index is 6.46. The molecule has 1 N–H and O–H groups in total. The van der Waals surface area contributed by atoms with Gasteiger partial charge < -0.3 is 14.6 Å². The summed E-state index contributed by atoms with van der Waals surface area (Å²) in [5.41, 5.74) is 2.86. The molecule has 0 aliphatic rings. The van der Waals surface area contributed by atoms with Crippen LogP contribution in [0.25, 0.3) is 22.3 Å². The van der Waals surface area contributed by atoms with Gasteiger partial charge in [-0.3, -0.25) is 0 Å². The molecule has 1 aromatic carbocycles. The van der Waals surface area contributed by atoms with Gasteiger partial charge in [0.15, 0.2) is 0 Å². The third-order valence-corrected chi connectivity index (χ3v) is 4.05. The van der Waals surface area contributed by atoms with E-state index in [-0.39, 0.29) is 6.10 Å². The number of aromatic nitrogens is 3. The molecule has 136 valence electrons. The molecule has 0 fully saturated rings. The second kappa shape index (κ2) is 7.51. The van der Waals surface area contributed by atoms with Crippen LogP contribution < -0.4 is 4.74 Å². The van der Waals surface area contributed by atoms with Crippen molar-refractivity contribution < 1.29 is 4.74 Å². The lowest BCUT2D eigenvalue weighted by Gasteiger charge is -2.14. The van der Waals surface area contributed by atoms with Crippen LogP contribution in [-0.4, -0.2) is 46.4 Å². The molecule has 0 bridgehead atoms. The minimum atomic E-state index is -0.0160. The van der Waals surface area contributed by atoms with E-state index in [0.29, 0.717) is 33.0 Å². The molecule has 0 aliphatic heterocycles. The summed E-state index contributed by atoms with van der Waals surface area (Å²) in [5.74, 6) is 0.899. The fourth-order valence-corrected chi connectivity index (χ4v) is 2.92. The van der Waals surface area contributed by atoms with E-state index in [9.17, 15) is 0 Å². The van der Waals surface area contributed by atoms with Crippen molar-refractivity contribution in [1.82, 2.24) is 19.9 Å². The Bertz CT molecular complexity index is 966. The summed E-state index contributed by atoms with van der Waals surface area (Å²) in [6.07, 6.45) is 3.43. The van der Waals surface area contributed by atoms with Crippen LogP contribution >= 0.6 is 23.2 Å². The van der Waals surface area contributed by atoms with E-state index in [1.165, 1.54) is 0 Å². The minimum Gasteiger partial charge on any atom is -0.489 e. The lowest BCUT2D eigenvalue weighted by molar-refractivity contribution is 0.242. The lowest BCUT2D eigenvalue weighted by Crippen LogP contribution is -2.07. The molecule has 3 aromatic rings. The molecule has 0 aliphatic carbocycles. The Kier molecular flexibility index (Phi) is 5.34. The van der Waals surface area contributed by atoms with Crippen LogP contribution in [-0.2, 0) is 0 Å². The van der Waals surface area contributed by atoms with Crippen molar-refractivity contribution in [3.05, 3.63) is 34.4 Å². The number of nitrogens with one attached hydrogen (secondary N) is 1. The molecule has 2 aromatic heterocycles. The molecule has 0 amide bonds. The molecule has 26 heavy (non-hydrogen) atoms. The van der Waals surface area contributed by atoms with Crippen LogP contribution in [0.15, 0.2) is 29.4 Å². The molecule has 0 saturated carbocycles. The van der Waals surface area contributed by atoms with Crippen molar-refractivity contribution in [1.29, 1.82) is 0 Å². The van der Waals surface area contributed by atoms with E-state index in [4.69, 9.17) is 27.9 Å². The fraction of sp³-hybridized carbons (Fsp3) is 0.278. The molecule has 0 saturated heterocycles. The molecule has 0 spiro atoms. The van der Waals surface area contributed by atoms with Gasteiger partial charge in [0.05, 0.1) is 33.5 Å². The summed E-state index contributed by atoms with van der Waals surface area (Å²) in [4.78, 5) is 18.3. The van der Waals surface area contributed by atoms with Crippen molar-refractivity contribution in [2.75, 3.05) is 14.1 Å². The number of benzene rings is 1. The molecular formula is C18H19Cl2N5O. The van der Waals surface area contributed by atoms with Crippen molar-refractivity contribution in [2.24, 2.45) is 4.99 Å². The summed E-state index contributed by atoms with van der Waals surface area (Å²) >= 11 is 12.7. The Morgan fingerprint density at radius 1 is 1.19 bits per heavy atom. The quantitative estimate of drug-likeness (QED) is 0.493. The first-order valence-corrected chi connectivity index (χ1v) is 8.82. The van der Waals surface area contributed by atoms with E-state index in [0.717, 1.165) is 11.0 Å². The average Bonchev–Trinajstić information content (AvgIpc) is 3.03. The molecule has 0 atom stereocenters. The number of aliphatic imine (C=N–C) groups is 1. The topological polar surface area (TPSA) is 66.4 Å². The largest absolute Gasteiger partial charge is 0.489 e. The van der Waals surface area contributed by atoms with Gasteiger partial charge in [-0.25, -0.2) is 15.0 Å². The predicted octanol–water partition coefficient (Wildman–Crippen LogP) is 4.94. The minimum absolute atomic E-state index is 0.0160. The van der Waals surface area contributed by atoms with E-state index in [1.54, 1.807) is 24.7 Å². The lowest BCUT2D eigenvalue weighted by atomic mass is 10.1. The standard InChI is InChI=1S/C18H19Cl2N5O/c1-10(2)26-15-7-11(12(19)8-13(15)20)16-17-14(5-6-21-17)23-18(24-16)22-9-25(3)4/h5-10,21H,1-4H3. The number of ether oxygens (including phenoxy) is 1. The zero-order valence-corrected chi connectivity index (χ0v) is 16.4. The van der Waals surface area contributed by atoms with E-state index in [1.807, 2.05) is 38.9 Å². The van der Waals surface area contributed by atoms with Crippen LogP contribution in [0.4, 0.5) is 5.95 Å². The maximum Gasteiger partial charge on any atom is 0.252 e. The van der Waals surface area contributed by atoms with E-state index < -0.39 is 0 Å². The molecule has 8 heteroatoms. The van der Waals surface area contributed by atoms with Crippen molar-refractivity contribution in [3.8, 4) is 17.0 Å². The third kappa shape index (κ3) is 3.92. The summed E-state index contributed by atoms with van der Waals surface area (Å²) in [6, 6.07) is 5.33. The second-order valence-electron chi connectivity index (χ2n) is 6.25. The van der Waals surface area contributed by atoms with Gasteiger partial charge in [0, 0.05) is 25.9 Å². The summed E-state index contributed by atoms with van der Waals surface area (Å²) < 4.78 is 5.78. The van der Waals surface area contributed by atoms with Crippen molar-refractivity contribution in [2.45, 2.75) is 20.0 Å². The zero-order chi connectivity index (χ0) is 18.8. The third-order valence-electron chi connectivity index (χ3n) is 3.44. The van der Waals surface area contributed by atoms with Gasteiger partial charge >= 0.3 is 0 Å². The monoisotopic (exact) mass is 391 g/mol. The van der Waals surface area contributed by atoms with Crippen LogP contribution in [0, 0.1) is 0 Å². The summed E-state index contributed by atoms with van der Waals surface area (Å²) in [5, 5.41) is 0.929. The Morgan fingerprint density at radius 3 is 2.65 bits per heavy atom. The summed E-state index contributed by atoms with van der Waals surface area (Å²) in [6.45, 7) is 3.87. The normalized spacial score (nSPS) is 11.7. The SMILES string of the molecule is CC(C)Oc1cc(-c2nc(N=CN(C)C)nc3cc[nH]c23)c(Cl)cc1Cl. The highest BCUT2D eigenvalue weighted by molar-refractivity contribution is 6.37. The van der Waals surface area contributed by atoms with Crippen LogP contribution in [0.3, 0.4) is 0 Å². The Morgan fingerprint density at radius 2 is 1.96 bits per heavy atom. The van der Waals surface area contributed by atoms with Gasteiger partial charge in [-0.1, -0.05) is 23.2 Å². The van der Waals surface area contributed by atoms with Crippen molar-refractivity contribution in [3.63, 3.8) is 0 Å². The number of fused-ring (bicyclic) bond motifs is 1. The number of hydrogen-bond donors (Lipinski definition) is 1. The number of hydrogen-bond acceptors (Lipinski definition) is 4. The number of halogens is 2. The van der Waals surface area contributed by atoms with Gasteiger partial charge in [-0.15, -0.1) is 0 Å². The molecule has 2 heterocycles. The molecular weight excluding hydrogens is 373 g/mol. The van der Waals surface area contributed by atoms with Gasteiger partial charge in [0.1, 0.15) is 11.4 Å². The number of H-pyrrole nitrogens is 1. The molecule has 0 unspecified atom stereocenters. The first-order chi connectivity index (χ1) is 12.3. The number of rotatable bonds is 5. The highest BCUT2D eigenvalue weighted by atomic mass is 35.5. The zero-order valence-electron chi connectivity index (χ0n) is 14.9. The number of nitrogens with zero attached hydrogens (tertiary/aromatic N) is 4. The van der Waals surface area contributed by atoms with Gasteiger partial charge in [-0.2, -0.15) is 0 Å².